The summed E-state index contributed by atoms with van der Waals surface area (Å²) in [6.07, 6.45) is 13.5. The monoisotopic (exact) mass is 419 g/mol. The van der Waals surface area contributed by atoms with E-state index >= 15 is 0 Å². The van der Waals surface area contributed by atoms with Crippen LogP contribution in [-0.4, -0.2) is 26.9 Å². The molecule has 5 aliphatic rings. The predicted molar refractivity (Wildman–Crippen MR) is 111 cm³/mol. The molecular formula is C22H30ClN3O3. The van der Waals surface area contributed by atoms with Gasteiger partial charge in [0.15, 0.2) is 0 Å². The third-order valence-electron chi connectivity index (χ3n) is 8.01. The van der Waals surface area contributed by atoms with Gasteiger partial charge in [-0.15, -0.1) is 0 Å². The van der Waals surface area contributed by atoms with E-state index in [0.717, 1.165) is 51.4 Å². The summed E-state index contributed by atoms with van der Waals surface area (Å²) in [5.74, 6) is 0.249. The first kappa shape index (κ1) is 19.4. The van der Waals surface area contributed by atoms with Crippen molar-refractivity contribution in [3.05, 3.63) is 21.6 Å². The van der Waals surface area contributed by atoms with Crippen LogP contribution in [0.15, 0.2) is 11.0 Å². The quantitative estimate of drug-likeness (QED) is 0.738. The van der Waals surface area contributed by atoms with Crippen LogP contribution in [0.1, 0.15) is 77.0 Å². The molecule has 0 spiro atoms. The minimum atomic E-state index is -0.729. The predicted octanol–water partition coefficient (Wildman–Crippen LogP) is 4.41. The van der Waals surface area contributed by atoms with E-state index in [1.54, 1.807) is 10.9 Å². The number of anilines is 1. The van der Waals surface area contributed by atoms with Gasteiger partial charge in [0, 0.05) is 6.04 Å². The third-order valence-corrected chi connectivity index (χ3v) is 8.38. The number of aromatic nitrogens is 2. The van der Waals surface area contributed by atoms with E-state index < -0.39 is 5.97 Å². The lowest BCUT2D eigenvalue weighted by Crippen LogP contribution is -2.59. The highest BCUT2D eigenvalue weighted by Crippen LogP contribution is 2.65. The zero-order chi connectivity index (χ0) is 20.2. The summed E-state index contributed by atoms with van der Waals surface area (Å²) in [5, 5.41) is 17.8. The van der Waals surface area contributed by atoms with Crippen molar-refractivity contribution in [2.45, 2.75) is 88.6 Å². The number of rotatable bonds is 5. The first-order valence-corrected chi connectivity index (χ1v) is 11.5. The van der Waals surface area contributed by atoms with Crippen LogP contribution in [0.3, 0.4) is 0 Å². The van der Waals surface area contributed by atoms with Crippen LogP contribution in [0.4, 0.5) is 5.69 Å². The average molecular weight is 420 g/mol. The number of carboxylic acid groups (broad SMARTS) is 1. The fraction of sp³-hybridized carbons (Fsp3) is 0.773. The molecule has 5 aliphatic carbocycles. The van der Waals surface area contributed by atoms with Crippen LogP contribution < -0.4 is 10.9 Å². The number of nitrogens with zero attached hydrogens (tertiary/aromatic N) is 2. The lowest BCUT2D eigenvalue weighted by atomic mass is 9.46. The van der Waals surface area contributed by atoms with Gasteiger partial charge in [-0.25, -0.2) is 4.68 Å². The molecule has 4 atom stereocenters. The van der Waals surface area contributed by atoms with Gasteiger partial charge in [0.05, 0.1) is 23.8 Å². The van der Waals surface area contributed by atoms with Gasteiger partial charge in [0.25, 0.3) is 5.56 Å². The molecule has 0 saturated heterocycles. The van der Waals surface area contributed by atoms with Gasteiger partial charge in [-0.1, -0.05) is 30.9 Å². The van der Waals surface area contributed by atoms with E-state index in [0.29, 0.717) is 23.6 Å². The molecule has 29 heavy (non-hydrogen) atoms. The lowest BCUT2D eigenvalue weighted by molar-refractivity contribution is -0.151. The molecule has 6 nitrogen and oxygen atoms in total. The Morgan fingerprint density at radius 2 is 1.90 bits per heavy atom. The maximum absolute atomic E-state index is 13.3. The number of aliphatic carboxylic acids is 1. The van der Waals surface area contributed by atoms with Gasteiger partial charge >= 0.3 is 5.97 Å². The van der Waals surface area contributed by atoms with E-state index in [4.69, 9.17) is 11.6 Å². The lowest BCUT2D eigenvalue weighted by Gasteiger charge is -2.61. The van der Waals surface area contributed by atoms with E-state index in [2.05, 4.69) is 10.4 Å². The van der Waals surface area contributed by atoms with E-state index in [1.165, 1.54) is 19.3 Å². The fourth-order valence-corrected chi connectivity index (χ4v) is 7.70. The summed E-state index contributed by atoms with van der Waals surface area (Å²) in [6, 6.07) is 0.358. The van der Waals surface area contributed by atoms with Gasteiger partial charge in [-0.05, 0) is 68.6 Å². The summed E-state index contributed by atoms with van der Waals surface area (Å²) < 4.78 is 1.63. The van der Waals surface area contributed by atoms with Gasteiger partial charge in [0.1, 0.15) is 5.02 Å². The van der Waals surface area contributed by atoms with E-state index in [9.17, 15) is 14.7 Å². The van der Waals surface area contributed by atoms with Crippen molar-refractivity contribution in [2.75, 3.05) is 5.32 Å². The molecule has 1 aromatic rings. The van der Waals surface area contributed by atoms with Gasteiger partial charge in [-0.3, -0.25) is 9.59 Å². The largest absolute Gasteiger partial charge is 0.481 e. The van der Waals surface area contributed by atoms with Crippen molar-refractivity contribution in [1.82, 2.24) is 9.78 Å². The van der Waals surface area contributed by atoms with Crippen LogP contribution in [0.25, 0.3) is 0 Å². The standard InChI is InChI=1S/C22H30ClN3O3/c23-19-17(25-16-4-2-1-3-5-16)12-24-26(20(19)29)22-9-14-6-15(10-22)8-21(7-14,13-22)11-18(27)28/h12,14-16,25H,1-11,13H2,(H,27,28)/t14-,15+,21?,22?. The minimum absolute atomic E-state index is 0.192. The molecular weight excluding hydrogens is 390 g/mol. The Bertz CT molecular complexity index is 863. The highest BCUT2D eigenvalue weighted by atomic mass is 35.5. The molecule has 1 aromatic heterocycles. The van der Waals surface area contributed by atoms with Crippen molar-refractivity contribution in [3.8, 4) is 0 Å². The molecule has 1 heterocycles. The molecule has 2 N–H and O–H groups in total. The summed E-state index contributed by atoms with van der Waals surface area (Å²) in [4.78, 5) is 24.9. The Kier molecular flexibility index (Phi) is 4.68. The third kappa shape index (κ3) is 3.37. The van der Waals surface area contributed by atoms with Crippen LogP contribution in [-0.2, 0) is 10.3 Å². The number of carboxylic acids is 1. The summed E-state index contributed by atoms with van der Waals surface area (Å²) >= 11 is 6.55. The van der Waals surface area contributed by atoms with Gasteiger partial charge in [-0.2, -0.15) is 5.10 Å². The van der Waals surface area contributed by atoms with Crippen LogP contribution in [0.5, 0.6) is 0 Å². The molecule has 0 radical (unpaired) electrons. The summed E-state index contributed by atoms with van der Waals surface area (Å²) in [7, 11) is 0. The van der Waals surface area contributed by atoms with Crippen molar-refractivity contribution < 1.29 is 9.90 Å². The molecule has 0 aliphatic heterocycles. The maximum atomic E-state index is 13.3. The number of hydrogen-bond donors (Lipinski definition) is 2. The molecule has 158 valence electrons. The van der Waals surface area contributed by atoms with Crippen molar-refractivity contribution in [2.24, 2.45) is 17.3 Å². The number of halogens is 1. The molecule has 2 unspecified atom stereocenters. The average Bonchev–Trinajstić information content (AvgIpc) is 2.64. The Balaban J connectivity index is 1.46. The van der Waals surface area contributed by atoms with Crippen molar-refractivity contribution in [1.29, 1.82) is 0 Å². The number of carbonyl (C=O) groups is 1. The smallest absolute Gasteiger partial charge is 0.303 e. The number of hydrogen-bond acceptors (Lipinski definition) is 4. The normalized spacial score (nSPS) is 36.3. The van der Waals surface area contributed by atoms with Crippen LogP contribution in [0, 0.1) is 17.3 Å². The molecule has 0 amide bonds. The molecule has 5 saturated carbocycles. The molecule has 7 heteroatoms. The molecule has 4 bridgehead atoms. The SMILES string of the molecule is O=C(O)CC12C[C@H]3C[C@@H](C1)CC(n1ncc(NC4CCCCC4)c(Cl)c1=O)(C3)C2. The second-order valence-corrected chi connectivity index (χ2v) is 10.7. The highest BCUT2D eigenvalue weighted by Gasteiger charge is 2.59. The highest BCUT2D eigenvalue weighted by molar-refractivity contribution is 6.32. The Morgan fingerprint density at radius 1 is 1.21 bits per heavy atom. The maximum Gasteiger partial charge on any atom is 0.303 e. The van der Waals surface area contributed by atoms with E-state index in [-0.39, 0.29) is 28.0 Å². The summed E-state index contributed by atoms with van der Waals surface area (Å²) in [6.45, 7) is 0. The summed E-state index contributed by atoms with van der Waals surface area (Å²) in [5.41, 5.74) is -0.142. The molecule has 5 fully saturated rings. The molecule has 6 rings (SSSR count). The van der Waals surface area contributed by atoms with Gasteiger partial charge < -0.3 is 10.4 Å². The van der Waals surface area contributed by atoms with Crippen LogP contribution >= 0.6 is 11.6 Å². The minimum Gasteiger partial charge on any atom is -0.481 e. The Hall–Kier alpha value is -1.56. The second kappa shape index (κ2) is 7.00. The first-order chi connectivity index (χ1) is 13.9. The number of nitrogens with one attached hydrogen (secondary N) is 1. The zero-order valence-electron chi connectivity index (χ0n) is 16.8. The Morgan fingerprint density at radius 3 is 2.55 bits per heavy atom. The van der Waals surface area contributed by atoms with Crippen molar-refractivity contribution in [3.63, 3.8) is 0 Å². The topological polar surface area (TPSA) is 84.2 Å². The van der Waals surface area contributed by atoms with E-state index in [1.807, 2.05) is 0 Å². The molecule has 0 aromatic carbocycles. The second-order valence-electron chi connectivity index (χ2n) is 10.3. The van der Waals surface area contributed by atoms with Gasteiger partial charge in [0.2, 0.25) is 0 Å². The van der Waals surface area contributed by atoms with Crippen molar-refractivity contribution >= 4 is 23.3 Å². The Labute approximate surface area is 176 Å². The first-order valence-electron chi connectivity index (χ1n) is 11.1. The van der Waals surface area contributed by atoms with Crippen LogP contribution in [0.2, 0.25) is 5.02 Å². The fourth-order valence-electron chi connectivity index (χ4n) is 7.52. The zero-order valence-corrected chi connectivity index (χ0v) is 17.6.